The van der Waals surface area contributed by atoms with Crippen LogP contribution >= 0.6 is 15.9 Å². The van der Waals surface area contributed by atoms with Crippen molar-refractivity contribution in [2.75, 3.05) is 11.9 Å². The average molecular weight is 355 g/mol. The van der Waals surface area contributed by atoms with Gasteiger partial charge >= 0.3 is 12.0 Å². The van der Waals surface area contributed by atoms with Crippen molar-refractivity contribution in [3.63, 3.8) is 0 Å². The van der Waals surface area contributed by atoms with E-state index in [1.165, 1.54) is 4.90 Å². The summed E-state index contributed by atoms with van der Waals surface area (Å²) < 4.78 is 0.812. The van der Waals surface area contributed by atoms with Crippen LogP contribution in [0, 0.1) is 6.92 Å². The predicted molar refractivity (Wildman–Crippen MR) is 84.5 cm³/mol. The van der Waals surface area contributed by atoms with Crippen molar-refractivity contribution in [3.8, 4) is 0 Å². The van der Waals surface area contributed by atoms with E-state index in [9.17, 15) is 14.7 Å². The Hall–Kier alpha value is -1.56. The molecule has 1 aliphatic heterocycles. The van der Waals surface area contributed by atoms with Crippen LogP contribution in [0.25, 0.3) is 0 Å². The van der Waals surface area contributed by atoms with E-state index < -0.39 is 11.5 Å². The highest BCUT2D eigenvalue weighted by molar-refractivity contribution is 9.10. The first-order chi connectivity index (χ1) is 9.86. The van der Waals surface area contributed by atoms with Gasteiger partial charge in [0.2, 0.25) is 0 Å². The summed E-state index contributed by atoms with van der Waals surface area (Å²) >= 11 is 3.44. The van der Waals surface area contributed by atoms with Crippen molar-refractivity contribution in [2.45, 2.75) is 38.6 Å². The van der Waals surface area contributed by atoms with Gasteiger partial charge in [0, 0.05) is 11.0 Å². The Kier molecular flexibility index (Phi) is 4.56. The largest absolute Gasteiger partial charge is 0.480 e. The normalized spacial score (nSPS) is 22.0. The van der Waals surface area contributed by atoms with E-state index >= 15 is 0 Å². The number of benzene rings is 1. The molecule has 5 nitrogen and oxygen atoms in total. The van der Waals surface area contributed by atoms with Gasteiger partial charge in [-0.2, -0.15) is 0 Å². The number of hydrogen-bond acceptors (Lipinski definition) is 2. The van der Waals surface area contributed by atoms with E-state index in [1.54, 1.807) is 13.0 Å². The van der Waals surface area contributed by atoms with Gasteiger partial charge in [-0.3, -0.25) is 0 Å². The van der Waals surface area contributed by atoms with Crippen molar-refractivity contribution >= 4 is 33.6 Å². The number of carboxylic acids is 1. The number of carboxylic acid groups (broad SMARTS) is 1. The Labute approximate surface area is 132 Å². The van der Waals surface area contributed by atoms with Gasteiger partial charge in [0.25, 0.3) is 0 Å². The molecule has 1 atom stereocenters. The summed E-state index contributed by atoms with van der Waals surface area (Å²) in [5.41, 5.74) is 0.518. The molecular weight excluding hydrogens is 336 g/mol. The zero-order chi connectivity index (χ0) is 15.6. The van der Waals surface area contributed by atoms with Gasteiger partial charge < -0.3 is 15.3 Å². The number of likely N-dealkylation sites (tertiary alicyclic amines) is 1. The number of anilines is 1. The molecule has 0 aliphatic carbocycles. The Bertz CT molecular complexity index is 576. The molecule has 2 amide bonds. The molecule has 1 saturated heterocycles. The smallest absolute Gasteiger partial charge is 0.329 e. The second-order valence-corrected chi connectivity index (χ2v) is 6.35. The van der Waals surface area contributed by atoms with E-state index in [1.807, 2.05) is 19.1 Å². The van der Waals surface area contributed by atoms with Gasteiger partial charge in [-0.1, -0.05) is 12.1 Å². The topological polar surface area (TPSA) is 69.6 Å². The molecule has 2 rings (SSSR count). The van der Waals surface area contributed by atoms with Crippen molar-refractivity contribution < 1.29 is 14.7 Å². The zero-order valence-electron chi connectivity index (χ0n) is 12.1. The van der Waals surface area contributed by atoms with Crippen molar-refractivity contribution in [1.82, 2.24) is 4.90 Å². The summed E-state index contributed by atoms with van der Waals surface area (Å²) in [6.45, 7) is 4.00. The minimum absolute atomic E-state index is 0.370. The van der Waals surface area contributed by atoms with E-state index in [2.05, 4.69) is 21.2 Å². The molecular formula is C15H19BrN2O3. The molecule has 1 aliphatic rings. The number of aliphatic carboxylic acids is 1. The third-order valence-corrected chi connectivity index (χ3v) is 5.08. The zero-order valence-corrected chi connectivity index (χ0v) is 13.7. The van der Waals surface area contributed by atoms with Gasteiger partial charge in [0.05, 0.1) is 5.69 Å². The third kappa shape index (κ3) is 3.05. The number of nitrogens with zero attached hydrogens (tertiary/aromatic N) is 1. The molecule has 0 radical (unpaired) electrons. The van der Waals surface area contributed by atoms with Gasteiger partial charge in [0.15, 0.2) is 0 Å². The number of halogens is 1. The van der Waals surface area contributed by atoms with Gasteiger partial charge in [-0.25, -0.2) is 9.59 Å². The molecule has 114 valence electrons. The first-order valence-corrected chi connectivity index (χ1v) is 7.72. The number of piperidine rings is 1. The number of urea groups is 1. The summed E-state index contributed by atoms with van der Waals surface area (Å²) in [6.07, 6.45) is 2.12. The number of carbonyl (C=O) groups excluding carboxylic acids is 1. The van der Waals surface area contributed by atoms with Crippen LogP contribution in [-0.2, 0) is 4.79 Å². The number of amides is 2. The van der Waals surface area contributed by atoms with Crippen molar-refractivity contribution in [2.24, 2.45) is 0 Å². The van der Waals surface area contributed by atoms with Crippen LogP contribution in [0.3, 0.4) is 0 Å². The number of carbonyl (C=O) groups is 2. The average Bonchev–Trinajstić information content (AvgIpc) is 2.44. The minimum atomic E-state index is -1.14. The molecule has 21 heavy (non-hydrogen) atoms. The third-order valence-electron chi connectivity index (χ3n) is 4.03. The van der Waals surface area contributed by atoms with Crippen molar-refractivity contribution in [1.29, 1.82) is 0 Å². The van der Waals surface area contributed by atoms with E-state index in [4.69, 9.17) is 0 Å². The van der Waals surface area contributed by atoms with Crippen LogP contribution in [0.15, 0.2) is 22.7 Å². The van der Waals surface area contributed by atoms with E-state index in [0.717, 1.165) is 22.9 Å². The highest BCUT2D eigenvalue weighted by Gasteiger charge is 2.44. The molecule has 1 heterocycles. The second-order valence-electron chi connectivity index (χ2n) is 5.55. The first kappa shape index (κ1) is 15.8. The summed E-state index contributed by atoms with van der Waals surface area (Å²) in [5.74, 6) is -0.958. The summed E-state index contributed by atoms with van der Waals surface area (Å²) in [5, 5.41) is 12.3. The fourth-order valence-corrected chi connectivity index (χ4v) is 2.96. The highest BCUT2D eigenvalue weighted by atomic mass is 79.9. The molecule has 1 aromatic rings. The van der Waals surface area contributed by atoms with Gasteiger partial charge in [0.1, 0.15) is 5.54 Å². The molecule has 0 aromatic heterocycles. The van der Waals surface area contributed by atoms with Crippen LogP contribution < -0.4 is 5.32 Å². The van der Waals surface area contributed by atoms with Crippen molar-refractivity contribution in [3.05, 3.63) is 28.2 Å². The number of hydrogen-bond donors (Lipinski definition) is 2. The molecule has 0 spiro atoms. The maximum Gasteiger partial charge on any atom is 0.329 e. The fourth-order valence-electron chi connectivity index (χ4n) is 2.60. The van der Waals surface area contributed by atoms with Crippen LogP contribution in [-0.4, -0.2) is 34.1 Å². The summed E-state index contributed by atoms with van der Waals surface area (Å²) in [7, 11) is 0. The van der Waals surface area contributed by atoms with E-state index in [-0.39, 0.29) is 6.03 Å². The van der Waals surface area contributed by atoms with Crippen LogP contribution in [0.4, 0.5) is 10.5 Å². The highest BCUT2D eigenvalue weighted by Crippen LogP contribution is 2.31. The maximum absolute atomic E-state index is 12.5. The Balaban J connectivity index is 2.22. The Morgan fingerprint density at radius 2 is 2.10 bits per heavy atom. The predicted octanol–water partition coefficient (Wildman–Crippen LogP) is 3.62. The molecule has 1 fully saturated rings. The number of rotatable bonds is 2. The van der Waals surface area contributed by atoms with Gasteiger partial charge in [-0.05, 0) is 60.7 Å². The molecule has 0 saturated carbocycles. The lowest BCUT2D eigenvalue weighted by Gasteiger charge is -2.41. The first-order valence-electron chi connectivity index (χ1n) is 6.93. The molecule has 1 unspecified atom stereocenters. The Morgan fingerprint density at radius 1 is 1.38 bits per heavy atom. The maximum atomic E-state index is 12.5. The fraction of sp³-hybridized carbons (Fsp3) is 0.467. The number of nitrogens with one attached hydrogen (secondary N) is 1. The number of aryl methyl sites for hydroxylation is 1. The molecule has 0 bridgehead atoms. The quantitative estimate of drug-likeness (QED) is 0.851. The Morgan fingerprint density at radius 3 is 2.76 bits per heavy atom. The van der Waals surface area contributed by atoms with Crippen LogP contribution in [0.5, 0.6) is 0 Å². The monoisotopic (exact) mass is 354 g/mol. The lowest BCUT2D eigenvalue weighted by atomic mass is 9.89. The summed E-state index contributed by atoms with van der Waals surface area (Å²) in [4.78, 5) is 25.4. The molecule has 2 N–H and O–H groups in total. The lowest BCUT2D eigenvalue weighted by Crippen LogP contribution is -2.58. The summed E-state index contributed by atoms with van der Waals surface area (Å²) in [6, 6.07) is 5.20. The van der Waals surface area contributed by atoms with Crippen LogP contribution in [0.1, 0.15) is 31.7 Å². The molecule has 6 heteroatoms. The standard InChI is InChI=1S/C15H19BrN2O3/c1-10-6-5-7-11(12(10)16)17-14(21)18-9-4-3-8-15(18,2)13(19)20/h5-7H,3-4,8-9H2,1-2H3,(H,17,21)(H,19,20). The lowest BCUT2D eigenvalue weighted by molar-refractivity contribution is -0.150. The molecule has 1 aromatic carbocycles. The SMILES string of the molecule is Cc1cccc(NC(=O)N2CCCCC2(C)C(=O)O)c1Br. The van der Waals surface area contributed by atoms with Crippen LogP contribution in [0.2, 0.25) is 0 Å². The second kappa shape index (κ2) is 6.05. The van der Waals surface area contributed by atoms with Gasteiger partial charge in [-0.15, -0.1) is 0 Å². The van der Waals surface area contributed by atoms with E-state index in [0.29, 0.717) is 18.7 Å². The minimum Gasteiger partial charge on any atom is -0.480 e.